The van der Waals surface area contributed by atoms with E-state index in [1.807, 2.05) is 25.1 Å². The van der Waals surface area contributed by atoms with Gasteiger partial charge in [-0.1, -0.05) is 82.5 Å². The fourth-order valence-corrected chi connectivity index (χ4v) is 13.3. The van der Waals surface area contributed by atoms with Crippen molar-refractivity contribution in [3.05, 3.63) is 59.7 Å². The third kappa shape index (κ3) is 6.13. The van der Waals surface area contributed by atoms with Crippen molar-refractivity contribution in [2.75, 3.05) is 6.61 Å². The fourth-order valence-electron chi connectivity index (χ4n) is 13.3. The second-order valence-electron chi connectivity index (χ2n) is 18.9. The van der Waals surface area contributed by atoms with Crippen LogP contribution < -0.4 is 0 Å². The maximum Gasteiger partial charge on any atom is 0.331 e. The third-order valence-electron chi connectivity index (χ3n) is 15.9. The molecule has 4 fully saturated rings. The highest BCUT2D eigenvalue weighted by Gasteiger charge is 2.81. The Bertz CT molecular complexity index is 1550. The average Bonchev–Trinajstić information content (AvgIpc) is 3.87. The van der Waals surface area contributed by atoms with Gasteiger partial charge in [-0.3, -0.25) is 4.79 Å². The summed E-state index contributed by atoms with van der Waals surface area (Å²) in [6.07, 6.45) is 18.8. The predicted molar refractivity (Wildman–Crippen MR) is 201 cm³/mol. The van der Waals surface area contributed by atoms with Crippen molar-refractivity contribution < 1.29 is 34.4 Å². The van der Waals surface area contributed by atoms with E-state index < -0.39 is 40.2 Å². The Morgan fingerprint density at radius 2 is 1.71 bits per heavy atom. The topological polar surface area (TPSA) is 113 Å². The van der Waals surface area contributed by atoms with Crippen molar-refractivity contribution in [2.24, 2.45) is 39.4 Å². The number of ether oxygens (including phenoxy) is 2. The molecule has 0 saturated heterocycles. The number of rotatable bonds is 12. The van der Waals surface area contributed by atoms with Crippen LogP contribution >= 0.6 is 0 Å². The summed E-state index contributed by atoms with van der Waals surface area (Å²) in [6.45, 7) is 8.29. The molecule has 7 nitrogen and oxygen atoms in total. The van der Waals surface area contributed by atoms with E-state index in [-0.39, 0.29) is 30.4 Å². The van der Waals surface area contributed by atoms with Gasteiger partial charge in [-0.25, -0.2) is 4.79 Å². The molecule has 6 aliphatic rings. The average molecular weight is 717 g/mol. The molecule has 0 radical (unpaired) electrons. The molecule has 10 atom stereocenters. The summed E-state index contributed by atoms with van der Waals surface area (Å²) >= 11 is 0. The summed E-state index contributed by atoms with van der Waals surface area (Å²) < 4.78 is 11.7. The number of fused-ring (bicyclic) bond motifs is 1. The smallest absolute Gasteiger partial charge is 0.331 e. The number of aryl methyl sites for hydroxylation is 1. The van der Waals surface area contributed by atoms with Gasteiger partial charge in [0.15, 0.2) is 0 Å². The maximum absolute atomic E-state index is 13.8. The van der Waals surface area contributed by atoms with Crippen molar-refractivity contribution in [1.82, 2.24) is 0 Å². The third-order valence-corrected chi connectivity index (χ3v) is 15.9. The van der Waals surface area contributed by atoms with Crippen LogP contribution in [0.4, 0.5) is 0 Å². The molecule has 1 aromatic rings. The lowest BCUT2D eigenvalue weighted by atomic mass is 9.31. The van der Waals surface area contributed by atoms with E-state index in [2.05, 4.69) is 38.1 Å². The standard InChI is InChI=1S/C45H64O7/c1-31(11-10-14-33-12-6-5-7-13-33)15-23-43(49)26-25-40(3)29-36(52-32(2)46)39-41(4,35-17-22-42(28-35)19-8-9-20-42)21-18-37(47)45(39,43)44(40,50)24-16-34-27-38(48)51-30-34/h5-7,12-13,25-27,31,35-37,39,47,49-50H,8-11,14-24,28-30H2,1-4H3/t31-,35-,36-,37-,39?,40-,41+,43-,44-,45+/m1/s1. The molecule has 2 spiro atoms. The highest BCUT2D eigenvalue weighted by Crippen LogP contribution is 2.76. The molecular weight excluding hydrogens is 652 g/mol. The zero-order valence-electron chi connectivity index (χ0n) is 32.2. The molecule has 0 amide bonds. The Kier molecular flexibility index (Phi) is 10.2. The van der Waals surface area contributed by atoms with Crippen LogP contribution in [0.1, 0.15) is 136 Å². The van der Waals surface area contributed by atoms with Crippen molar-refractivity contribution in [2.45, 2.75) is 160 Å². The minimum atomic E-state index is -1.56. The summed E-state index contributed by atoms with van der Waals surface area (Å²) in [6, 6.07) is 10.5. The zero-order chi connectivity index (χ0) is 37.0. The van der Waals surface area contributed by atoms with Crippen molar-refractivity contribution in [1.29, 1.82) is 0 Å². The van der Waals surface area contributed by atoms with E-state index in [1.165, 1.54) is 50.7 Å². The van der Waals surface area contributed by atoms with E-state index >= 15 is 0 Å². The molecule has 7 heteroatoms. The molecule has 5 aliphatic carbocycles. The lowest BCUT2D eigenvalue weighted by Crippen LogP contribution is -2.83. The van der Waals surface area contributed by atoms with E-state index in [0.29, 0.717) is 42.9 Å². The van der Waals surface area contributed by atoms with E-state index in [9.17, 15) is 24.9 Å². The molecule has 1 aliphatic heterocycles. The van der Waals surface area contributed by atoms with Crippen LogP contribution in [0.5, 0.6) is 0 Å². The second kappa shape index (κ2) is 14.0. The number of cyclic esters (lactones) is 1. The van der Waals surface area contributed by atoms with Crippen LogP contribution in [-0.4, -0.2) is 57.3 Å². The molecule has 1 aromatic carbocycles. The highest BCUT2D eigenvalue weighted by molar-refractivity contribution is 5.85. The molecule has 4 saturated carbocycles. The molecule has 2 bridgehead atoms. The molecule has 1 heterocycles. The Hall–Kier alpha value is -2.48. The van der Waals surface area contributed by atoms with Gasteiger partial charge in [-0.05, 0) is 124 Å². The molecular formula is C45H64O7. The first-order valence-corrected chi connectivity index (χ1v) is 20.6. The van der Waals surface area contributed by atoms with Gasteiger partial charge in [-0.15, -0.1) is 0 Å². The number of aliphatic hydroxyl groups excluding tert-OH is 1. The summed E-state index contributed by atoms with van der Waals surface area (Å²) in [7, 11) is 0. The number of benzene rings is 1. The molecule has 52 heavy (non-hydrogen) atoms. The number of esters is 2. The van der Waals surface area contributed by atoms with Gasteiger partial charge in [0.2, 0.25) is 0 Å². The van der Waals surface area contributed by atoms with Gasteiger partial charge in [0.1, 0.15) is 12.7 Å². The normalized spacial score (nSPS) is 41.1. The van der Waals surface area contributed by atoms with E-state index in [1.54, 1.807) is 0 Å². The van der Waals surface area contributed by atoms with Gasteiger partial charge < -0.3 is 24.8 Å². The van der Waals surface area contributed by atoms with E-state index in [0.717, 1.165) is 50.5 Å². The lowest BCUT2D eigenvalue weighted by molar-refractivity contribution is -0.361. The molecule has 0 aromatic heterocycles. The molecule has 1 unspecified atom stereocenters. The van der Waals surface area contributed by atoms with Gasteiger partial charge >= 0.3 is 11.9 Å². The van der Waals surface area contributed by atoms with Crippen LogP contribution in [0.3, 0.4) is 0 Å². The minimum Gasteiger partial charge on any atom is -0.462 e. The monoisotopic (exact) mass is 716 g/mol. The van der Waals surface area contributed by atoms with Crippen LogP contribution in [0.2, 0.25) is 0 Å². The number of carbonyl (C=O) groups is 2. The maximum atomic E-state index is 13.8. The molecule has 286 valence electrons. The van der Waals surface area contributed by atoms with Crippen molar-refractivity contribution in [3.8, 4) is 0 Å². The SMILES string of the molecule is CC(=O)O[C@@H]1C[C@@]2(C)C=C[C@](O)(CC[C@H](C)CCCc3ccccc3)[C@]3(C1[C@](C)([C@@H]1CCC4(CCCC4)C1)CC[C@H]3O)[C@@]2(O)CCC1=CC(=O)OC1. The first kappa shape index (κ1) is 37.8. The predicted octanol–water partition coefficient (Wildman–Crippen LogP) is 8.19. The summed E-state index contributed by atoms with van der Waals surface area (Å²) in [5, 5.41) is 40.2. The first-order valence-electron chi connectivity index (χ1n) is 20.6. The van der Waals surface area contributed by atoms with Gasteiger partial charge in [-0.2, -0.15) is 0 Å². The largest absolute Gasteiger partial charge is 0.462 e. The van der Waals surface area contributed by atoms with Crippen LogP contribution in [0, 0.1) is 39.4 Å². The number of aliphatic hydroxyl groups is 3. The minimum absolute atomic E-state index is 0.198. The number of hydrogen-bond acceptors (Lipinski definition) is 7. The summed E-state index contributed by atoms with van der Waals surface area (Å²) in [4.78, 5) is 25.1. The quantitative estimate of drug-likeness (QED) is 0.148. The van der Waals surface area contributed by atoms with Gasteiger partial charge in [0.25, 0.3) is 0 Å². The Morgan fingerprint density at radius 3 is 2.40 bits per heavy atom. The Morgan fingerprint density at radius 1 is 0.962 bits per heavy atom. The number of carbonyl (C=O) groups excluding carboxylic acids is 2. The first-order chi connectivity index (χ1) is 24.7. The molecule has 7 rings (SSSR count). The van der Waals surface area contributed by atoms with Gasteiger partial charge in [0, 0.05) is 24.3 Å². The van der Waals surface area contributed by atoms with Crippen LogP contribution in [0.15, 0.2) is 54.1 Å². The second-order valence-corrected chi connectivity index (χ2v) is 18.9. The Labute approximate surface area is 311 Å². The van der Waals surface area contributed by atoms with Gasteiger partial charge in [0.05, 0.1) is 22.7 Å². The van der Waals surface area contributed by atoms with Crippen LogP contribution in [0.25, 0.3) is 0 Å². The number of hydrogen-bond donors (Lipinski definition) is 3. The Balaban J connectivity index is 1.30. The van der Waals surface area contributed by atoms with E-state index in [4.69, 9.17) is 9.47 Å². The highest BCUT2D eigenvalue weighted by atomic mass is 16.5. The molecule has 3 N–H and O–H groups in total. The van der Waals surface area contributed by atoms with Crippen LogP contribution in [-0.2, 0) is 25.5 Å². The fraction of sp³-hybridized carbons (Fsp3) is 0.733. The summed E-state index contributed by atoms with van der Waals surface area (Å²) in [5.74, 6) is -0.540. The van der Waals surface area contributed by atoms with Crippen molar-refractivity contribution in [3.63, 3.8) is 0 Å². The van der Waals surface area contributed by atoms with Crippen molar-refractivity contribution >= 4 is 11.9 Å². The zero-order valence-corrected chi connectivity index (χ0v) is 32.2. The lowest BCUT2D eigenvalue weighted by Gasteiger charge is -2.76. The summed E-state index contributed by atoms with van der Waals surface area (Å²) in [5.41, 5.74) is -3.30.